The van der Waals surface area contributed by atoms with Crippen LogP contribution in [0.3, 0.4) is 0 Å². The molecule has 1 aliphatic carbocycles. The Morgan fingerprint density at radius 1 is 1.19 bits per heavy atom. The van der Waals surface area contributed by atoms with Crippen LogP contribution in [-0.2, 0) is 21.1 Å². The molecule has 1 saturated carbocycles. The molecule has 2 aliphatic rings. The maximum absolute atomic E-state index is 13.4. The predicted octanol–water partition coefficient (Wildman–Crippen LogP) is 7.02. The monoisotopic (exact) mass is 622 g/mol. The summed E-state index contributed by atoms with van der Waals surface area (Å²) in [6.07, 6.45) is -2.97. The molecule has 42 heavy (non-hydrogen) atoms. The van der Waals surface area contributed by atoms with Crippen molar-refractivity contribution in [2.75, 3.05) is 12.9 Å². The van der Waals surface area contributed by atoms with E-state index in [1.54, 1.807) is 19.1 Å². The quantitative estimate of drug-likeness (QED) is 0.253. The zero-order chi connectivity index (χ0) is 30.8. The maximum atomic E-state index is 13.4. The van der Waals surface area contributed by atoms with Gasteiger partial charge in [-0.25, -0.2) is 8.42 Å². The highest BCUT2D eigenvalue weighted by Gasteiger charge is 2.41. The highest BCUT2D eigenvalue weighted by atomic mass is 32.2. The number of benzene rings is 1. The van der Waals surface area contributed by atoms with Gasteiger partial charge in [0.1, 0.15) is 11.8 Å². The Balaban J connectivity index is 1.47. The fourth-order valence-electron chi connectivity index (χ4n) is 5.57. The lowest BCUT2D eigenvalue weighted by atomic mass is 9.82. The van der Waals surface area contributed by atoms with Gasteiger partial charge in [-0.2, -0.15) is 13.2 Å². The van der Waals surface area contributed by atoms with E-state index in [1.165, 1.54) is 30.6 Å². The number of sulfone groups is 1. The van der Waals surface area contributed by atoms with Crippen molar-refractivity contribution in [2.24, 2.45) is 17.8 Å². The second-order valence-electron chi connectivity index (χ2n) is 11.2. The van der Waals surface area contributed by atoms with Gasteiger partial charge in [0, 0.05) is 16.8 Å². The first-order valence-electron chi connectivity index (χ1n) is 14.1. The van der Waals surface area contributed by atoms with Gasteiger partial charge in [-0.3, -0.25) is 4.79 Å². The van der Waals surface area contributed by atoms with E-state index in [0.29, 0.717) is 35.6 Å². The number of nitrogens with one attached hydrogen (secondary N) is 1. The first kappa shape index (κ1) is 32.0. The highest BCUT2D eigenvalue weighted by Crippen LogP contribution is 2.44. The summed E-state index contributed by atoms with van der Waals surface area (Å²) in [4.78, 5) is 17.2. The third kappa shape index (κ3) is 6.97. The second kappa shape index (κ2) is 12.7. The predicted molar refractivity (Wildman–Crippen MR) is 157 cm³/mol. The highest BCUT2D eigenvalue weighted by molar-refractivity contribution is 7.91. The fraction of sp³-hybridized carbons (Fsp3) is 0.516. The first-order chi connectivity index (χ1) is 19.7. The number of thiophene rings is 1. The van der Waals surface area contributed by atoms with Gasteiger partial charge in [0.25, 0.3) is 5.91 Å². The van der Waals surface area contributed by atoms with Crippen LogP contribution in [0.15, 0.2) is 47.6 Å². The van der Waals surface area contributed by atoms with E-state index < -0.39 is 28.0 Å². The molecule has 1 fully saturated rings. The molecule has 1 aromatic carbocycles. The molecule has 0 saturated heterocycles. The molecule has 6 nitrogen and oxygen atoms in total. The Kier molecular flexibility index (Phi) is 9.68. The van der Waals surface area contributed by atoms with Crippen LogP contribution in [0.1, 0.15) is 84.2 Å². The number of amides is 1. The number of fused-ring (bicyclic) bond motifs is 1. The number of hydrogen-bond acceptors (Lipinski definition) is 6. The van der Waals surface area contributed by atoms with E-state index in [1.807, 2.05) is 11.0 Å². The van der Waals surface area contributed by atoms with E-state index in [0.717, 1.165) is 10.4 Å². The lowest BCUT2D eigenvalue weighted by Crippen LogP contribution is -2.29. The van der Waals surface area contributed by atoms with Gasteiger partial charge < -0.3 is 15.0 Å². The van der Waals surface area contributed by atoms with Crippen molar-refractivity contribution in [3.8, 4) is 12.0 Å². The van der Waals surface area contributed by atoms with Crippen LogP contribution in [0.2, 0.25) is 0 Å². The normalized spacial score (nSPS) is 21.3. The Bertz CT molecular complexity index is 1460. The van der Waals surface area contributed by atoms with Crippen molar-refractivity contribution >= 4 is 27.1 Å². The number of carbonyl (C=O) groups excluding carboxylic acids is 1. The van der Waals surface area contributed by atoms with Crippen LogP contribution in [0.5, 0.6) is 0 Å². The standard InChI is InChI=1S/C31H37F3N2O4S2/c1-6-42(38,39)25-13-9-22(10-14-25)27(20(4)40-5)35-30(37)26-17-23-18-36(28(19(2)3)29(23)41-26)16-15-21-7-11-24(12-8-21)31(32,33)34/h9-10,13-14,17,19,21,24,27-28H,4,6-8,11-12,18H2,1-3,5H3,(H,35,37)/t21-,24-,27-,28-/m0/s1. The molecule has 0 bridgehead atoms. The maximum Gasteiger partial charge on any atom is 0.391 e. The molecule has 0 spiro atoms. The zero-order valence-electron chi connectivity index (χ0n) is 24.3. The Hall–Kier alpha value is -2.97. The molecule has 2 heterocycles. The minimum absolute atomic E-state index is 0.0102. The molecule has 1 aliphatic heterocycles. The van der Waals surface area contributed by atoms with E-state index >= 15 is 0 Å². The van der Waals surface area contributed by atoms with Gasteiger partial charge in [0.05, 0.1) is 41.1 Å². The van der Waals surface area contributed by atoms with Crippen molar-refractivity contribution in [2.45, 2.75) is 76.2 Å². The van der Waals surface area contributed by atoms with Gasteiger partial charge in [0.15, 0.2) is 9.84 Å². The van der Waals surface area contributed by atoms with Gasteiger partial charge in [-0.15, -0.1) is 11.3 Å². The number of rotatable bonds is 8. The number of ether oxygens (including phenoxy) is 1. The minimum atomic E-state index is -4.13. The molecule has 1 aromatic heterocycles. The van der Waals surface area contributed by atoms with Crippen LogP contribution >= 0.6 is 11.3 Å². The van der Waals surface area contributed by atoms with E-state index in [9.17, 15) is 26.4 Å². The third-order valence-electron chi connectivity index (χ3n) is 8.06. The number of carbonyl (C=O) groups is 1. The average Bonchev–Trinajstić information content (AvgIpc) is 3.52. The van der Waals surface area contributed by atoms with Crippen molar-refractivity contribution < 1.29 is 31.1 Å². The molecule has 1 amide bonds. The van der Waals surface area contributed by atoms with Crippen LogP contribution in [0, 0.1) is 29.7 Å². The molecule has 2 atom stereocenters. The summed E-state index contributed by atoms with van der Waals surface area (Å²) in [5.41, 5.74) is 1.65. The third-order valence-corrected chi connectivity index (χ3v) is 11.1. The summed E-state index contributed by atoms with van der Waals surface area (Å²) in [5.74, 6) is 2.17. The molecule has 0 unspecified atom stereocenters. The van der Waals surface area contributed by atoms with Crippen molar-refractivity contribution in [3.05, 3.63) is 63.6 Å². The van der Waals surface area contributed by atoms with Crippen LogP contribution in [-0.4, -0.2) is 38.3 Å². The number of methoxy groups -OCH3 is 1. The molecular weight excluding hydrogens is 585 g/mol. The topological polar surface area (TPSA) is 75.7 Å². The van der Waals surface area contributed by atoms with Crippen LogP contribution in [0.4, 0.5) is 13.2 Å². The largest absolute Gasteiger partial charge is 0.499 e. The van der Waals surface area contributed by atoms with E-state index in [4.69, 9.17) is 4.74 Å². The fourth-order valence-corrected chi connectivity index (χ4v) is 7.82. The molecule has 4 rings (SSSR count). The number of nitrogens with zero attached hydrogens (tertiary/aromatic N) is 1. The summed E-state index contributed by atoms with van der Waals surface area (Å²) in [6, 6.07) is 10.7. The molecule has 0 radical (unpaired) electrons. The van der Waals surface area contributed by atoms with E-state index in [2.05, 4.69) is 37.7 Å². The Morgan fingerprint density at radius 3 is 2.38 bits per heavy atom. The van der Waals surface area contributed by atoms with Gasteiger partial charge in [-0.05, 0) is 60.9 Å². The zero-order valence-corrected chi connectivity index (χ0v) is 25.9. The lowest BCUT2D eigenvalue weighted by molar-refractivity contribution is -0.183. The van der Waals surface area contributed by atoms with Crippen molar-refractivity contribution in [1.29, 1.82) is 0 Å². The molecule has 11 heteroatoms. The number of hydrogen-bond donors (Lipinski definition) is 1. The molecular formula is C31H37F3N2O4S2. The second-order valence-corrected chi connectivity index (χ2v) is 14.6. The summed E-state index contributed by atoms with van der Waals surface area (Å²) >= 11 is 1.40. The summed E-state index contributed by atoms with van der Waals surface area (Å²) in [7, 11) is -1.90. The Labute approximate surface area is 250 Å². The molecule has 228 valence electrons. The van der Waals surface area contributed by atoms with Gasteiger partial charge >= 0.3 is 6.18 Å². The number of halogens is 3. The van der Waals surface area contributed by atoms with Gasteiger partial charge in [-0.1, -0.05) is 45.4 Å². The minimum Gasteiger partial charge on any atom is -0.499 e. The SMILES string of the molecule is C=C(OC)[C@H](NC(=O)c1cc2c(s1)[C@H](C(C)C)N(C#C[C@H]1CC[C@H](C(F)(F)F)CC1)C2)c1ccc(S(=O)(=O)CC)cc1. The molecule has 2 aromatic rings. The van der Waals surface area contributed by atoms with Crippen molar-refractivity contribution in [1.82, 2.24) is 10.2 Å². The summed E-state index contributed by atoms with van der Waals surface area (Å²) in [5, 5.41) is 2.97. The lowest BCUT2D eigenvalue weighted by Gasteiger charge is -2.28. The van der Waals surface area contributed by atoms with Crippen molar-refractivity contribution in [3.63, 3.8) is 0 Å². The van der Waals surface area contributed by atoms with Crippen LogP contribution < -0.4 is 5.32 Å². The molecule has 1 N–H and O–H groups in total. The smallest absolute Gasteiger partial charge is 0.391 e. The average molecular weight is 623 g/mol. The van der Waals surface area contributed by atoms with Crippen LogP contribution in [0.25, 0.3) is 0 Å². The summed E-state index contributed by atoms with van der Waals surface area (Å²) in [6.45, 7) is 10.2. The first-order valence-corrected chi connectivity index (χ1v) is 16.6. The summed E-state index contributed by atoms with van der Waals surface area (Å²) < 4.78 is 68.8. The Morgan fingerprint density at radius 2 is 1.83 bits per heavy atom. The van der Waals surface area contributed by atoms with E-state index in [-0.39, 0.29) is 47.3 Å². The number of alkyl halides is 3. The van der Waals surface area contributed by atoms with Gasteiger partial charge in [0.2, 0.25) is 0 Å².